The second-order valence-corrected chi connectivity index (χ2v) is 4.33. The van der Waals surface area contributed by atoms with E-state index in [1.165, 1.54) is 0 Å². The van der Waals surface area contributed by atoms with Gasteiger partial charge in [-0.1, -0.05) is 0 Å². The Bertz CT molecular complexity index is 354. The number of anilines is 1. The van der Waals surface area contributed by atoms with Gasteiger partial charge in [-0.25, -0.2) is 0 Å². The molecule has 0 bridgehead atoms. The van der Waals surface area contributed by atoms with Crippen LogP contribution in [-0.4, -0.2) is 43.5 Å². The highest BCUT2D eigenvalue weighted by atomic mass is 79.9. The second kappa shape index (κ2) is 5.11. The Hall–Kier alpha value is -1.10. The smallest absolute Gasteiger partial charge is 0.241 e. The molecule has 0 aliphatic heterocycles. The molecular weight excluding hydrogens is 258 g/mol. The number of rotatable bonds is 3. The lowest BCUT2D eigenvalue weighted by Crippen LogP contribution is -2.34. The molecule has 0 radical (unpaired) electrons. The summed E-state index contributed by atoms with van der Waals surface area (Å²) in [6.07, 6.45) is 3.42. The Kier molecular flexibility index (Phi) is 4.08. The number of carbonyl (C=O) groups is 1. The molecule has 0 saturated carbocycles. The Morgan fingerprint density at radius 1 is 1.47 bits per heavy atom. The van der Waals surface area contributed by atoms with Gasteiger partial charge in [0.2, 0.25) is 5.91 Å². The van der Waals surface area contributed by atoms with E-state index < -0.39 is 0 Å². The first kappa shape index (κ1) is 12.0. The van der Waals surface area contributed by atoms with Crippen LogP contribution in [0.1, 0.15) is 0 Å². The molecule has 0 spiro atoms. The van der Waals surface area contributed by atoms with E-state index in [-0.39, 0.29) is 5.91 Å². The maximum atomic E-state index is 11.5. The highest BCUT2D eigenvalue weighted by Crippen LogP contribution is 2.23. The predicted molar refractivity (Wildman–Crippen MR) is 63.9 cm³/mol. The van der Waals surface area contributed by atoms with Crippen molar-refractivity contribution in [3.8, 4) is 0 Å². The minimum atomic E-state index is 0.0706. The zero-order valence-corrected chi connectivity index (χ0v) is 10.7. The quantitative estimate of drug-likeness (QED) is 0.833. The van der Waals surface area contributed by atoms with Gasteiger partial charge in [-0.15, -0.1) is 0 Å². The predicted octanol–water partition coefficient (Wildman–Crippen LogP) is 1.37. The molecule has 0 atom stereocenters. The summed E-state index contributed by atoms with van der Waals surface area (Å²) in [5, 5.41) is 0. The molecule has 1 rings (SSSR count). The molecule has 0 N–H and O–H groups in total. The standard InChI is InChI=1S/C10H14BrN3O/c1-13(2)10(15)7-14(3)9-4-5-12-6-8(9)11/h4-6H,7H2,1-3H3. The van der Waals surface area contributed by atoms with Gasteiger partial charge in [0.1, 0.15) is 0 Å². The summed E-state index contributed by atoms with van der Waals surface area (Å²) in [6.45, 7) is 0.357. The second-order valence-electron chi connectivity index (χ2n) is 3.47. The van der Waals surface area contributed by atoms with Crippen LogP contribution >= 0.6 is 15.9 Å². The first-order valence-corrected chi connectivity index (χ1v) is 5.32. The lowest BCUT2D eigenvalue weighted by atomic mass is 10.3. The summed E-state index contributed by atoms with van der Waals surface area (Å²) in [5.74, 6) is 0.0706. The number of aromatic nitrogens is 1. The number of halogens is 1. The zero-order valence-electron chi connectivity index (χ0n) is 9.07. The van der Waals surface area contributed by atoms with Crippen molar-refractivity contribution in [2.24, 2.45) is 0 Å². The van der Waals surface area contributed by atoms with Crippen LogP contribution in [-0.2, 0) is 4.79 Å². The number of hydrogen-bond acceptors (Lipinski definition) is 3. The molecule has 0 aromatic carbocycles. The zero-order chi connectivity index (χ0) is 11.4. The van der Waals surface area contributed by atoms with Crippen molar-refractivity contribution in [2.75, 3.05) is 32.6 Å². The van der Waals surface area contributed by atoms with E-state index in [9.17, 15) is 4.79 Å². The van der Waals surface area contributed by atoms with Crippen LogP contribution in [0.3, 0.4) is 0 Å². The molecule has 4 nitrogen and oxygen atoms in total. The third kappa shape index (κ3) is 3.20. The van der Waals surface area contributed by atoms with Gasteiger partial charge in [0.15, 0.2) is 0 Å². The van der Waals surface area contributed by atoms with E-state index >= 15 is 0 Å². The molecule has 1 aromatic heterocycles. The highest BCUT2D eigenvalue weighted by Gasteiger charge is 2.10. The maximum absolute atomic E-state index is 11.5. The van der Waals surface area contributed by atoms with E-state index in [0.29, 0.717) is 6.54 Å². The molecule has 1 heterocycles. The Balaban J connectivity index is 2.73. The molecule has 82 valence electrons. The van der Waals surface area contributed by atoms with Gasteiger partial charge in [0, 0.05) is 33.5 Å². The van der Waals surface area contributed by atoms with Crippen molar-refractivity contribution >= 4 is 27.5 Å². The normalized spacial score (nSPS) is 9.87. The first-order chi connectivity index (χ1) is 7.02. The largest absolute Gasteiger partial charge is 0.364 e. The number of likely N-dealkylation sites (N-methyl/N-ethyl adjacent to an activating group) is 2. The van der Waals surface area contributed by atoms with E-state index in [0.717, 1.165) is 10.2 Å². The third-order valence-electron chi connectivity index (χ3n) is 2.03. The van der Waals surface area contributed by atoms with Crippen LogP contribution in [0.4, 0.5) is 5.69 Å². The fraction of sp³-hybridized carbons (Fsp3) is 0.400. The van der Waals surface area contributed by atoms with Gasteiger partial charge in [-0.05, 0) is 22.0 Å². The molecule has 15 heavy (non-hydrogen) atoms. The van der Waals surface area contributed by atoms with E-state index in [1.54, 1.807) is 31.4 Å². The van der Waals surface area contributed by atoms with E-state index in [1.807, 2.05) is 18.0 Å². The molecule has 0 unspecified atom stereocenters. The van der Waals surface area contributed by atoms with E-state index in [4.69, 9.17) is 0 Å². The van der Waals surface area contributed by atoms with Crippen LogP contribution in [0.25, 0.3) is 0 Å². The molecule has 0 aliphatic rings. The molecule has 0 aliphatic carbocycles. The van der Waals surface area contributed by atoms with Crippen molar-refractivity contribution in [1.82, 2.24) is 9.88 Å². The number of hydrogen-bond donors (Lipinski definition) is 0. The van der Waals surface area contributed by atoms with Crippen LogP contribution in [0.5, 0.6) is 0 Å². The van der Waals surface area contributed by atoms with Gasteiger partial charge < -0.3 is 9.80 Å². The van der Waals surface area contributed by atoms with Gasteiger partial charge in [-0.3, -0.25) is 9.78 Å². The van der Waals surface area contributed by atoms with Crippen LogP contribution < -0.4 is 4.90 Å². The first-order valence-electron chi connectivity index (χ1n) is 4.53. The number of carbonyl (C=O) groups excluding carboxylic acids is 1. The highest BCUT2D eigenvalue weighted by molar-refractivity contribution is 9.10. The Morgan fingerprint density at radius 3 is 2.67 bits per heavy atom. The summed E-state index contributed by atoms with van der Waals surface area (Å²) in [5.41, 5.74) is 0.959. The van der Waals surface area contributed by atoms with Crippen LogP contribution in [0, 0.1) is 0 Å². The van der Waals surface area contributed by atoms with Crippen molar-refractivity contribution in [2.45, 2.75) is 0 Å². The molecule has 1 amide bonds. The van der Waals surface area contributed by atoms with Gasteiger partial charge in [0.25, 0.3) is 0 Å². The summed E-state index contributed by atoms with van der Waals surface area (Å²) in [4.78, 5) is 18.9. The Labute approximate surface area is 98.0 Å². The summed E-state index contributed by atoms with van der Waals surface area (Å²) in [7, 11) is 5.37. The average molecular weight is 272 g/mol. The van der Waals surface area contributed by atoms with Crippen LogP contribution in [0.15, 0.2) is 22.9 Å². The number of nitrogens with zero attached hydrogens (tertiary/aromatic N) is 3. The third-order valence-corrected chi connectivity index (χ3v) is 2.64. The van der Waals surface area contributed by atoms with Crippen molar-refractivity contribution < 1.29 is 4.79 Å². The number of amides is 1. The molecule has 5 heteroatoms. The molecular formula is C10H14BrN3O. The monoisotopic (exact) mass is 271 g/mol. The lowest BCUT2D eigenvalue weighted by molar-refractivity contribution is -0.127. The molecule has 0 saturated heterocycles. The van der Waals surface area contributed by atoms with Crippen molar-refractivity contribution in [1.29, 1.82) is 0 Å². The van der Waals surface area contributed by atoms with Gasteiger partial charge in [-0.2, -0.15) is 0 Å². The van der Waals surface area contributed by atoms with Gasteiger partial charge in [0.05, 0.1) is 16.7 Å². The topological polar surface area (TPSA) is 36.4 Å². The SMILES string of the molecule is CN(C)C(=O)CN(C)c1ccncc1Br. The minimum absolute atomic E-state index is 0.0706. The van der Waals surface area contributed by atoms with Gasteiger partial charge >= 0.3 is 0 Å². The van der Waals surface area contributed by atoms with E-state index in [2.05, 4.69) is 20.9 Å². The van der Waals surface area contributed by atoms with Crippen LogP contribution in [0.2, 0.25) is 0 Å². The fourth-order valence-electron chi connectivity index (χ4n) is 1.11. The summed E-state index contributed by atoms with van der Waals surface area (Å²) in [6, 6.07) is 1.87. The fourth-order valence-corrected chi connectivity index (χ4v) is 1.66. The summed E-state index contributed by atoms with van der Waals surface area (Å²) < 4.78 is 0.888. The minimum Gasteiger partial charge on any atom is -0.364 e. The average Bonchev–Trinajstić information content (AvgIpc) is 2.18. The molecule has 0 fully saturated rings. The maximum Gasteiger partial charge on any atom is 0.241 e. The number of pyridine rings is 1. The van der Waals surface area contributed by atoms with Crippen molar-refractivity contribution in [3.05, 3.63) is 22.9 Å². The van der Waals surface area contributed by atoms with Crippen molar-refractivity contribution in [3.63, 3.8) is 0 Å². The Morgan fingerprint density at radius 2 is 2.13 bits per heavy atom. The molecule has 1 aromatic rings. The summed E-state index contributed by atoms with van der Waals surface area (Å²) >= 11 is 3.39. The lowest BCUT2D eigenvalue weighted by Gasteiger charge is -2.21.